The van der Waals surface area contributed by atoms with Gasteiger partial charge in [-0.3, -0.25) is 0 Å². The molecule has 2 N–H and O–H groups in total. The Labute approximate surface area is 101 Å². The predicted molar refractivity (Wildman–Crippen MR) is 39.8 cm³/mol. The summed E-state index contributed by atoms with van der Waals surface area (Å²) < 4.78 is 0. The van der Waals surface area contributed by atoms with Crippen LogP contribution in [0.25, 0.3) is 0 Å². The molecule has 0 aliphatic heterocycles. The van der Waals surface area contributed by atoms with Gasteiger partial charge < -0.3 is 10.2 Å². The molecule has 0 saturated heterocycles. The SMILES string of the molecule is OCCO.[PoH2].[PoH2].[PoH2]. The molecule has 0 saturated carbocycles. The Balaban J connectivity index is -0.0000000150. The molecule has 0 radical (unpaired) electrons. The molecule has 0 aromatic heterocycles. The van der Waals surface area contributed by atoms with Gasteiger partial charge in [0.05, 0.1) is 13.2 Å². The summed E-state index contributed by atoms with van der Waals surface area (Å²) in [5.74, 6) is 0. The van der Waals surface area contributed by atoms with Gasteiger partial charge in [-0.1, -0.05) is 0 Å². The summed E-state index contributed by atoms with van der Waals surface area (Å²) >= 11 is 0. The minimum absolute atomic E-state index is 0. The number of aliphatic hydroxyl groups is 2. The Kier molecular flexibility index (Phi) is 75.9. The molecular formula is C2H12O2Po3. The summed E-state index contributed by atoms with van der Waals surface area (Å²) in [6.07, 6.45) is 0. The number of hydrogen-bond acceptors (Lipinski definition) is 2. The number of aliphatic hydroxyl groups excluding tert-OH is 2. The second kappa shape index (κ2) is 23.5. The van der Waals surface area contributed by atoms with E-state index in [0.29, 0.717) is 0 Å². The predicted octanol–water partition coefficient (Wildman–Crippen LogP) is -3.78. The van der Waals surface area contributed by atoms with Gasteiger partial charge in [0.2, 0.25) is 0 Å². The molecule has 0 aliphatic rings. The minimum atomic E-state index is -0.125. The molecule has 2 nitrogen and oxygen atoms in total. The van der Waals surface area contributed by atoms with Crippen LogP contribution in [0.3, 0.4) is 0 Å². The van der Waals surface area contributed by atoms with E-state index in [2.05, 4.69) is 0 Å². The quantitative estimate of drug-likeness (QED) is 0.296. The van der Waals surface area contributed by atoms with Crippen molar-refractivity contribution in [2.45, 2.75) is 0 Å². The van der Waals surface area contributed by atoms with Crippen molar-refractivity contribution in [3.63, 3.8) is 0 Å². The standard InChI is InChI=1S/C2H6O2.3Po.6H/c3-1-2-4;;;;;;;;;/h3-4H,1-2H2;;;;;;;;;. The summed E-state index contributed by atoms with van der Waals surface area (Å²) in [5.41, 5.74) is 0. The van der Waals surface area contributed by atoms with E-state index in [1.807, 2.05) is 0 Å². The van der Waals surface area contributed by atoms with Crippen molar-refractivity contribution in [3.05, 3.63) is 0 Å². The molecule has 0 heterocycles. The average molecular weight is 695 g/mol. The molecule has 0 bridgehead atoms. The first-order valence-corrected chi connectivity index (χ1v) is 1.13. The molecule has 0 fully saturated rings. The van der Waals surface area contributed by atoms with Crippen molar-refractivity contribution >= 4 is 79.7 Å². The van der Waals surface area contributed by atoms with Crippen molar-refractivity contribution in [3.8, 4) is 0 Å². The van der Waals surface area contributed by atoms with Gasteiger partial charge in [0.15, 0.2) is 0 Å². The molecule has 0 aromatic carbocycles. The second-order valence-electron chi connectivity index (χ2n) is 0.447. The van der Waals surface area contributed by atoms with E-state index in [-0.39, 0.29) is 92.9 Å². The molecule has 0 aliphatic carbocycles. The fourth-order valence-electron chi connectivity index (χ4n) is 0. The van der Waals surface area contributed by atoms with Crippen LogP contribution >= 0.6 is 0 Å². The van der Waals surface area contributed by atoms with Crippen LogP contribution in [0, 0.1) is 0 Å². The van der Waals surface area contributed by atoms with Crippen LogP contribution in [0.4, 0.5) is 0 Å². The van der Waals surface area contributed by atoms with Crippen molar-refractivity contribution in [1.82, 2.24) is 0 Å². The van der Waals surface area contributed by atoms with E-state index < -0.39 is 0 Å². The maximum atomic E-state index is 7.62. The molecule has 5 heteroatoms. The summed E-state index contributed by atoms with van der Waals surface area (Å²) in [7, 11) is 0. The Hall–Kier alpha value is 2.61. The molecule has 0 spiro atoms. The Morgan fingerprint density at radius 3 is 0.857 bits per heavy atom. The van der Waals surface area contributed by atoms with Crippen LogP contribution in [0.2, 0.25) is 0 Å². The first-order chi connectivity index (χ1) is 1.91. The Bertz CT molecular complexity index is 12.9. The van der Waals surface area contributed by atoms with E-state index in [9.17, 15) is 0 Å². The summed E-state index contributed by atoms with van der Waals surface area (Å²) in [6, 6.07) is 0. The fourth-order valence-corrected chi connectivity index (χ4v) is 0. The average Bonchev–Trinajstić information content (AvgIpc) is 1.37. The summed E-state index contributed by atoms with van der Waals surface area (Å²) in [4.78, 5) is 0. The van der Waals surface area contributed by atoms with Gasteiger partial charge in [0.25, 0.3) is 0 Å². The molecule has 7 heavy (non-hydrogen) atoms. The third kappa shape index (κ3) is 28.9. The van der Waals surface area contributed by atoms with Gasteiger partial charge >= 0.3 is 79.7 Å². The Morgan fingerprint density at radius 2 is 0.857 bits per heavy atom. The van der Waals surface area contributed by atoms with E-state index in [1.54, 1.807) is 0 Å². The normalized spacial score (nSPS) is 4.29. The third-order valence-electron chi connectivity index (χ3n) is 0.1000. The topological polar surface area (TPSA) is 40.5 Å². The van der Waals surface area contributed by atoms with Crippen molar-refractivity contribution < 1.29 is 10.2 Å². The van der Waals surface area contributed by atoms with Crippen LogP contribution in [0.5, 0.6) is 0 Å². The first-order valence-electron chi connectivity index (χ1n) is 1.13. The second-order valence-corrected chi connectivity index (χ2v) is 0.447. The van der Waals surface area contributed by atoms with Gasteiger partial charge in [-0.05, 0) is 0 Å². The van der Waals surface area contributed by atoms with E-state index in [4.69, 9.17) is 10.2 Å². The fraction of sp³-hybridized carbons (Fsp3) is 1.00. The van der Waals surface area contributed by atoms with Gasteiger partial charge in [-0.15, -0.1) is 0 Å². The van der Waals surface area contributed by atoms with Crippen LogP contribution in [0.15, 0.2) is 0 Å². The maximum absolute atomic E-state index is 7.62. The van der Waals surface area contributed by atoms with Crippen molar-refractivity contribution in [2.75, 3.05) is 13.2 Å². The van der Waals surface area contributed by atoms with Crippen molar-refractivity contribution in [1.29, 1.82) is 0 Å². The number of hydrogen-bond donors (Lipinski definition) is 2. The van der Waals surface area contributed by atoms with E-state index in [1.165, 1.54) is 0 Å². The van der Waals surface area contributed by atoms with Crippen LogP contribution in [0.1, 0.15) is 0 Å². The zero-order valence-electron chi connectivity index (χ0n) is 3.81. The van der Waals surface area contributed by atoms with Gasteiger partial charge in [0.1, 0.15) is 0 Å². The summed E-state index contributed by atoms with van der Waals surface area (Å²) in [5, 5.41) is 15.2. The molecule has 0 atom stereocenters. The number of rotatable bonds is 1. The molecular weight excluding hydrogens is 683 g/mol. The van der Waals surface area contributed by atoms with Crippen LogP contribution in [-0.2, 0) is 0 Å². The van der Waals surface area contributed by atoms with Gasteiger partial charge in [0, 0.05) is 0 Å². The molecule has 50 valence electrons. The van der Waals surface area contributed by atoms with Crippen LogP contribution in [-0.4, -0.2) is 103 Å². The zero-order valence-corrected chi connectivity index (χ0v) is 15.5. The molecule has 0 unspecified atom stereocenters. The van der Waals surface area contributed by atoms with Gasteiger partial charge in [-0.25, -0.2) is 0 Å². The van der Waals surface area contributed by atoms with Gasteiger partial charge in [-0.2, -0.15) is 0 Å². The monoisotopic (exact) mass is 695 g/mol. The van der Waals surface area contributed by atoms with Crippen molar-refractivity contribution in [2.24, 2.45) is 0 Å². The van der Waals surface area contributed by atoms with Crippen LogP contribution < -0.4 is 0 Å². The molecule has 0 aromatic rings. The molecule has 0 rings (SSSR count). The summed E-state index contributed by atoms with van der Waals surface area (Å²) in [6.45, 7) is -0.250. The zero-order chi connectivity index (χ0) is 3.41. The first kappa shape index (κ1) is 22.6. The third-order valence-corrected chi connectivity index (χ3v) is 0.1000. The Morgan fingerprint density at radius 1 is 0.714 bits per heavy atom. The van der Waals surface area contributed by atoms with E-state index >= 15 is 0 Å². The van der Waals surface area contributed by atoms with E-state index in [0.717, 1.165) is 0 Å². The molecule has 0 amide bonds.